The van der Waals surface area contributed by atoms with Crippen LogP contribution in [0.2, 0.25) is 0 Å². The first-order valence-electron chi connectivity index (χ1n) is 30.5. The molecule has 0 N–H and O–H groups in total. The van der Waals surface area contributed by atoms with Gasteiger partial charge in [0.15, 0.2) is 6.10 Å². The Hall–Kier alpha value is -2.66. The van der Waals surface area contributed by atoms with Crippen LogP contribution in [0, 0.1) is 0 Å². The van der Waals surface area contributed by atoms with Crippen molar-refractivity contribution in [1.82, 2.24) is 0 Å². The van der Waals surface area contributed by atoms with Crippen LogP contribution in [-0.4, -0.2) is 37.9 Å². The molecule has 0 fully saturated rings. The van der Waals surface area contributed by atoms with E-state index in [4.69, 9.17) is 14.2 Å². The molecular formula is C65H116O5. The van der Waals surface area contributed by atoms with Crippen LogP contribution >= 0.6 is 0 Å². The third-order valence-corrected chi connectivity index (χ3v) is 13.2. The Morgan fingerprint density at radius 2 is 0.629 bits per heavy atom. The second-order valence-corrected chi connectivity index (χ2v) is 20.3. The molecule has 0 bridgehead atoms. The van der Waals surface area contributed by atoms with Gasteiger partial charge in [-0.3, -0.25) is 9.59 Å². The first-order chi connectivity index (χ1) is 34.6. The quantitative estimate of drug-likeness (QED) is 0.0345. The molecule has 0 aliphatic carbocycles. The van der Waals surface area contributed by atoms with E-state index in [2.05, 4.69) is 87.6 Å². The van der Waals surface area contributed by atoms with Gasteiger partial charge in [0.05, 0.1) is 6.61 Å². The smallest absolute Gasteiger partial charge is 0.306 e. The summed E-state index contributed by atoms with van der Waals surface area (Å²) in [7, 11) is 0. The summed E-state index contributed by atoms with van der Waals surface area (Å²) < 4.78 is 17.4. The van der Waals surface area contributed by atoms with Gasteiger partial charge in [-0.25, -0.2) is 0 Å². The minimum atomic E-state index is -0.578. The summed E-state index contributed by atoms with van der Waals surface area (Å²) in [5.74, 6) is -0.482. The zero-order chi connectivity index (χ0) is 50.6. The van der Waals surface area contributed by atoms with E-state index in [0.29, 0.717) is 25.9 Å². The summed E-state index contributed by atoms with van der Waals surface area (Å²) in [6, 6.07) is 0. The van der Waals surface area contributed by atoms with Crippen LogP contribution < -0.4 is 0 Å². The number of unbranched alkanes of at least 4 members (excludes halogenated alkanes) is 33. The average Bonchev–Trinajstić information content (AvgIpc) is 3.36. The van der Waals surface area contributed by atoms with Crippen LogP contribution in [0.5, 0.6) is 0 Å². The van der Waals surface area contributed by atoms with Crippen molar-refractivity contribution in [3.63, 3.8) is 0 Å². The van der Waals surface area contributed by atoms with Crippen LogP contribution in [0.25, 0.3) is 0 Å². The molecule has 406 valence electrons. The summed E-state index contributed by atoms with van der Waals surface area (Å²) >= 11 is 0. The molecule has 0 saturated carbocycles. The van der Waals surface area contributed by atoms with Crippen molar-refractivity contribution in [1.29, 1.82) is 0 Å². The van der Waals surface area contributed by atoms with Gasteiger partial charge < -0.3 is 14.2 Å². The predicted molar refractivity (Wildman–Crippen MR) is 307 cm³/mol. The van der Waals surface area contributed by atoms with Gasteiger partial charge in [0, 0.05) is 19.4 Å². The van der Waals surface area contributed by atoms with E-state index < -0.39 is 6.10 Å². The molecule has 0 heterocycles. The van der Waals surface area contributed by atoms with Crippen LogP contribution in [0.1, 0.15) is 303 Å². The topological polar surface area (TPSA) is 61.8 Å². The summed E-state index contributed by atoms with van der Waals surface area (Å²) in [6.45, 7) is 7.76. The van der Waals surface area contributed by atoms with Crippen molar-refractivity contribution in [2.75, 3.05) is 19.8 Å². The number of hydrogen-bond donors (Lipinski definition) is 0. The third-order valence-electron chi connectivity index (χ3n) is 13.2. The number of carbonyl (C=O) groups excluding carboxylic acids is 2. The Bertz CT molecular complexity index is 1240. The molecule has 5 heteroatoms. The fourth-order valence-corrected chi connectivity index (χ4v) is 8.67. The molecule has 0 radical (unpaired) electrons. The highest BCUT2D eigenvalue weighted by Gasteiger charge is 2.17. The molecule has 0 unspecified atom stereocenters. The van der Waals surface area contributed by atoms with E-state index >= 15 is 0 Å². The second-order valence-electron chi connectivity index (χ2n) is 20.3. The average molecular weight is 978 g/mol. The highest BCUT2D eigenvalue weighted by molar-refractivity contribution is 5.70. The van der Waals surface area contributed by atoms with Gasteiger partial charge in [-0.15, -0.1) is 0 Å². The van der Waals surface area contributed by atoms with Gasteiger partial charge in [0.2, 0.25) is 0 Å². The normalized spacial score (nSPS) is 12.7. The summed E-state index contributed by atoms with van der Waals surface area (Å²) in [4.78, 5) is 25.5. The van der Waals surface area contributed by atoms with Crippen molar-refractivity contribution >= 4 is 11.9 Å². The highest BCUT2D eigenvalue weighted by atomic mass is 16.6. The fourth-order valence-electron chi connectivity index (χ4n) is 8.67. The number of carbonyl (C=O) groups is 2. The lowest BCUT2D eigenvalue weighted by molar-refractivity contribution is -0.162. The standard InChI is InChI=1S/C65H116O5/c1-4-7-10-13-16-19-22-25-28-31-33-35-37-40-43-46-49-52-55-58-64(66)69-62-63(61-68-60-57-54-51-48-45-42-39-30-27-24-21-18-15-12-9-6-3)70-65(67)59-56-53-50-47-44-41-38-36-34-32-29-26-23-20-17-14-11-8-5-2/h17,20,25-26,28-29,34,36,41,44,50,53,63H,4-16,18-19,21-24,27,30-33,35,37-40,42-43,45-49,51-52,54-62H2,1-3H3/b20-17-,28-25-,29-26-,36-34-,44-41-,53-50-/t63-/m1/s1. The fraction of sp³-hybridized carbons (Fsp3) is 0.785. The molecule has 1 atom stereocenters. The third kappa shape index (κ3) is 57.9. The van der Waals surface area contributed by atoms with Crippen molar-refractivity contribution in [2.24, 2.45) is 0 Å². The SMILES string of the molecule is CCCCC/C=C\C/C=C\C/C=C\C/C=C\C/C=C\CCC(=O)O[C@H](COCCCCCCCCCCCCCCCCCC)COC(=O)CCCCCCCCCCC/C=C\CCCCCCCC. The maximum absolute atomic E-state index is 12.8. The number of rotatable bonds is 56. The molecule has 0 aliphatic heterocycles. The molecule has 0 aliphatic rings. The maximum atomic E-state index is 12.8. The lowest BCUT2D eigenvalue weighted by Gasteiger charge is -2.18. The molecule has 0 amide bonds. The molecule has 0 rings (SSSR count). The van der Waals surface area contributed by atoms with Crippen molar-refractivity contribution < 1.29 is 23.8 Å². The van der Waals surface area contributed by atoms with Gasteiger partial charge in [0.1, 0.15) is 6.61 Å². The van der Waals surface area contributed by atoms with Crippen molar-refractivity contribution in [3.05, 3.63) is 72.9 Å². The van der Waals surface area contributed by atoms with E-state index in [1.165, 1.54) is 212 Å². The summed E-state index contributed by atoms with van der Waals surface area (Å²) in [5.41, 5.74) is 0. The minimum Gasteiger partial charge on any atom is -0.462 e. The molecule has 0 aromatic carbocycles. The van der Waals surface area contributed by atoms with Gasteiger partial charge in [0.25, 0.3) is 0 Å². The van der Waals surface area contributed by atoms with Gasteiger partial charge in [-0.1, -0.05) is 280 Å². The van der Waals surface area contributed by atoms with E-state index in [0.717, 1.165) is 51.4 Å². The molecule has 70 heavy (non-hydrogen) atoms. The first kappa shape index (κ1) is 67.3. The zero-order valence-electron chi connectivity index (χ0n) is 46.8. The minimum absolute atomic E-state index is 0.0559. The van der Waals surface area contributed by atoms with Crippen LogP contribution in [-0.2, 0) is 23.8 Å². The number of allylic oxidation sites excluding steroid dienone is 12. The number of hydrogen-bond acceptors (Lipinski definition) is 5. The number of esters is 2. The Morgan fingerprint density at radius 3 is 1.06 bits per heavy atom. The lowest BCUT2D eigenvalue weighted by atomic mass is 10.0. The van der Waals surface area contributed by atoms with Gasteiger partial charge in [-0.05, 0) is 83.5 Å². The molecule has 0 aromatic heterocycles. The van der Waals surface area contributed by atoms with Gasteiger partial charge >= 0.3 is 11.9 Å². The molecule has 5 nitrogen and oxygen atoms in total. The van der Waals surface area contributed by atoms with Crippen LogP contribution in [0.4, 0.5) is 0 Å². The Kier molecular flexibility index (Phi) is 58.3. The van der Waals surface area contributed by atoms with Crippen LogP contribution in [0.3, 0.4) is 0 Å². The first-order valence-corrected chi connectivity index (χ1v) is 30.5. The Balaban J connectivity index is 4.36. The van der Waals surface area contributed by atoms with E-state index in [-0.39, 0.29) is 25.2 Å². The van der Waals surface area contributed by atoms with E-state index in [1.54, 1.807) is 0 Å². The van der Waals surface area contributed by atoms with Gasteiger partial charge in [-0.2, -0.15) is 0 Å². The lowest BCUT2D eigenvalue weighted by Crippen LogP contribution is -2.30. The molecule has 0 spiro atoms. The van der Waals surface area contributed by atoms with E-state index in [9.17, 15) is 9.59 Å². The highest BCUT2D eigenvalue weighted by Crippen LogP contribution is 2.16. The second kappa shape index (κ2) is 60.6. The number of ether oxygens (including phenoxy) is 3. The largest absolute Gasteiger partial charge is 0.462 e. The predicted octanol–water partition coefficient (Wildman–Crippen LogP) is 21.0. The summed E-state index contributed by atoms with van der Waals surface area (Å²) in [6.07, 6.45) is 79.4. The monoisotopic (exact) mass is 977 g/mol. The zero-order valence-corrected chi connectivity index (χ0v) is 46.8. The molecule has 0 aromatic rings. The van der Waals surface area contributed by atoms with E-state index in [1.807, 2.05) is 6.08 Å². The Morgan fingerprint density at radius 1 is 0.314 bits per heavy atom. The Labute approximate surface area is 436 Å². The molecule has 0 saturated heterocycles. The maximum Gasteiger partial charge on any atom is 0.306 e. The van der Waals surface area contributed by atoms with Crippen LogP contribution in [0.15, 0.2) is 72.9 Å². The molecular weight excluding hydrogens is 861 g/mol. The van der Waals surface area contributed by atoms with Crippen molar-refractivity contribution in [2.45, 2.75) is 309 Å². The summed E-state index contributed by atoms with van der Waals surface area (Å²) in [5, 5.41) is 0. The van der Waals surface area contributed by atoms with Crippen molar-refractivity contribution in [3.8, 4) is 0 Å².